The van der Waals surface area contributed by atoms with Gasteiger partial charge >= 0.3 is 0 Å². The Hall–Kier alpha value is -2.93. The summed E-state index contributed by atoms with van der Waals surface area (Å²) in [6, 6.07) is 8.93. The van der Waals surface area contributed by atoms with E-state index < -0.39 is 6.04 Å². The Labute approximate surface area is 181 Å². The number of para-hydroxylation sites is 1. The SMILES string of the molecule is CCC(C)C(NC(=O)c1cc2c([nH]c3ccccc32)c(C)n1)C(=O)N1CCCC1CO. The van der Waals surface area contributed by atoms with Gasteiger partial charge in [0, 0.05) is 22.8 Å². The van der Waals surface area contributed by atoms with Crippen LogP contribution in [0.25, 0.3) is 21.8 Å². The largest absolute Gasteiger partial charge is 0.394 e. The highest BCUT2D eigenvalue weighted by Crippen LogP contribution is 2.27. The van der Waals surface area contributed by atoms with Crippen molar-refractivity contribution < 1.29 is 14.7 Å². The van der Waals surface area contributed by atoms with Crippen molar-refractivity contribution in [3.05, 3.63) is 41.7 Å². The van der Waals surface area contributed by atoms with Crippen molar-refractivity contribution in [1.29, 1.82) is 0 Å². The van der Waals surface area contributed by atoms with Crippen LogP contribution in [0.3, 0.4) is 0 Å². The second kappa shape index (κ2) is 8.67. The van der Waals surface area contributed by atoms with Crippen LogP contribution in [0.1, 0.15) is 49.3 Å². The number of hydrogen-bond donors (Lipinski definition) is 3. The molecule has 164 valence electrons. The highest BCUT2D eigenvalue weighted by Gasteiger charge is 2.36. The summed E-state index contributed by atoms with van der Waals surface area (Å²) in [6.45, 7) is 6.41. The highest BCUT2D eigenvalue weighted by atomic mass is 16.3. The molecule has 1 fully saturated rings. The number of fused-ring (bicyclic) bond motifs is 3. The standard InChI is InChI=1S/C24H30N4O3/c1-4-14(2)21(24(31)28-11-7-8-16(28)13-29)27-23(30)20-12-18-17-9-5-6-10-19(17)26-22(18)15(3)25-20/h5-6,9-10,12,14,16,21,26,29H,4,7-8,11,13H2,1-3H3,(H,27,30). The first-order valence-electron chi connectivity index (χ1n) is 11.0. The molecule has 3 unspecified atom stereocenters. The summed E-state index contributed by atoms with van der Waals surface area (Å²) >= 11 is 0. The lowest BCUT2D eigenvalue weighted by Gasteiger charge is -2.31. The molecule has 0 spiro atoms. The number of hydrogen-bond acceptors (Lipinski definition) is 4. The van der Waals surface area contributed by atoms with E-state index in [4.69, 9.17) is 0 Å². The molecule has 4 rings (SSSR count). The molecule has 3 atom stereocenters. The van der Waals surface area contributed by atoms with Gasteiger partial charge in [-0.2, -0.15) is 0 Å². The number of carbonyl (C=O) groups is 2. The van der Waals surface area contributed by atoms with Crippen LogP contribution in [-0.2, 0) is 4.79 Å². The van der Waals surface area contributed by atoms with E-state index in [1.807, 2.05) is 45.0 Å². The summed E-state index contributed by atoms with van der Waals surface area (Å²) in [5, 5.41) is 14.6. The second-order valence-corrected chi connectivity index (χ2v) is 8.53. The second-order valence-electron chi connectivity index (χ2n) is 8.53. The third-order valence-electron chi connectivity index (χ3n) is 6.55. The molecule has 1 aromatic carbocycles. The Morgan fingerprint density at radius 2 is 2.10 bits per heavy atom. The molecule has 3 aromatic rings. The first-order valence-corrected chi connectivity index (χ1v) is 11.0. The van der Waals surface area contributed by atoms with E-state index in [9.17, 15) is 14.7 Å². The number of benzene rings is 1. The Kier molecular flexibility index (Phi) is 5.96. The molecular weight excluding hydrogens is 392 g/mol. The molecule has 31 heavy (non-hydrogen) atoms. The first kappa shape index (κ1) is 21.3. The Bertz CT molecular complexity index is 1120. The van der Waals surface area contributed by atoms with Gasteiger partial charge in [0.2, 0.25) is 5.91 Å². The van der Waals surface area contributed by atoms with Gasteiger partial charge in [-0.3, -0.25) is 9.59 Å². The zero-order valence-corrected chi connectivity index (χ0v) is 18.3. The van der Waals surface area contributed by atoms with Crippen LogP contribution in [0.15, 0.2) is 30.3 Å². The molecular formula is C24H30N4O3. The maximum absolute atomic E-state index is 13.3. The number of aromatic amines is 1. The van der Waals surface area contributed by atoms with E-state index in [0.717, 1.165) is 46.8 Å². The number of nitrogens with zero attached hydrogens (tertiary/aromatic N) is 2. The molecule has 1 aliphatic rings. The number of aliphatic hydroxyl groups is 1. The number of rotatable bonds is 6. The van der Waals surface area contributed by atoms with Gasteiger partial charge in [0.1, 0.15) is 11.7 Å². The van der Waals surface area contributed by atoms with Crippen LogP contribution in [0.4, 0.5) is 0 Å². The quantitative estimate of drug-likeness (QED) is 0.568. The van der Waals surface area contributed by atoms with E-state index in [1.165, 1.54) is 0 Å². The molecule has 2 amide bonds. The van der Waals surface area contributed by atoms with E-state index in [1.54, 1.807) is 11.0 Å². The van der Waals surface area contributed by atoms with Gasteiger partial charge in [-0.1, -0.05) is 38.5 Å². The normalized spacial score (nSPS) is 18.5. The minimum absolute atomic E-state index is 0.0330. The number of carbonyl (C=O) groups excluding carboxylic acids is 2. The number of aliphatic hydroxyl groups excluding tert-OH is 1. The average molecular weight is 423 g/mol. The van der Waals surface area contributed by atoms with Gasteiger partial charge in [0.15, 0.2) is 0 Å². The third-order valence-corrected chi connectivity index (χ3v) is 6.55. The Morgan fingerprint density at radius 3 is 2.84 bits per heavy atom. The molecule has 2 aromatic heterocycles. The summed E-state index contributed by atoms with van der Waals surface area (Å²) in [5.41, 5.74) is 2.95. The lowest BCUT2D eigenvalue weighted by Crippen LogP contribution is -2.53. The number of aromatic nitrogens is 2. The summed E-state index contributed by atoms with van der Waals surface area (Å²) in [6.07, 6.45) is 2.42. The molecule has 1 aliphatic heterocycles. The maximum Gasteiger partial charge on any atom is 0.270 e. The number of nitrogens with one attached hydrogen (secondary N) is 2. The number of aryl methyl sites for hydroxylation is 1. The van der Waals surface area contributed by atoms with Crippen molar-refractivity contribution in [1.82, 2.24) is 20.2 Å². The summed E-state index contributed by atoms with van der Waals surface area (Å²) in [7, 11) is 0. The predicted molar refractivity (Wildman–Crippen MR) is 121 cm³/mol. The Balaban J connectivity index is 1.65. The van der Waals surface area contributed by atoms with Gasteiger partial charge in [-0.05, 0) is 37.8 Å². The molecule has 7 nitrogen and oxygen atoms in total. The molecule has 7 heteroatoms. The number of pyridine rings is 1. The van der Waals surface area contributed by atoms with Crippen LogP contribution < -0.4 is 5.32 Å². The number of likely N-dealkylation sites (tertiary alicyclic amines) is 1. The summed E-state index contributed by atoms with van der Waals surface area (Å²) in [5.74, 6) is -0.507. The van der Waals surface area contributed by atoms with E-state index in [0.29, 0.717) is 12.2 Å². The van der Waals surface area contributed by atoms with Crippen molar-refractivity contribution in [2.75, 3.05) is 13.2 Å². The molecule has 3 heterocycles. The van der Waals surface area contributed by atoms with Crippen LogP contribution in [0.2, 0.25) is 0 Å². The topological polar surface area (TPSA) is 98.3 Å². The van der Waals surface area contributed by atoms with Crippen molar-refractivity contribution in [2.45, 2.75) is 52.1 Å². The zero-order valence-electron chi connectivity index (χ0n) is 18.3. The summed E-state index contributed by atoms with van der Waals surface area (Å²) in [4.78, 5) is 36.1. The maximum atomic E-state index is 13.3. The minimum Gasteiger partial charge on any atom is -0.394 e. The fourth-order valence-electron chi connectivity index (χ4n) is 4.51. The van der Waals surface area contributed by atoms with Gasteiger partial charge in [0.25, 0.3) is 5.91 Å². The van der Waals surface area contributed by atoms with Crippen LogP contribution in [0, 0.1) is 12.8 Å². The molecule has 0 bridgehead atoms. The third kappa shape index (κ3) is 3.90. The lowest BCUT2D eigenvalue weighted by atomic mass is 9.97. The monoisotopic (exact) mass is 422 g/mol. The average Bonchev–Trinajstić information content (AvgIpc) is 3.41. The number of amides is 2. The highest BCUT2D eigenvalue weighted by molar-refractivity contribution is 6.10. The van der Waals surface area contributed by atoms with Crippen molar-refractivity contribution in [3.63, 3.8) is 0 Å². The number of H-pyrrole nitrogens is 1. The van der Waals surface area contributed by atoms with Gasteiger partial charge in [-0.15, -0.1) is 0 Å². The minimum atomic E-state index is -0.648. The Morgan fingerprint density at radius 1 is 1.32 bits per heavy atom. The van der Waals surface area contributed by atoms with Crippen LogP contribution in [-0.4, -0.2) is 57.0 Å². The van der Waals surface area contributed by atoms with E-state index in [2.05, 4.69) is 15.3 Å². The van der Waals surface area contributed by atoms with Gasteiger partial charge in [0.05, 0.1) is 23.9 Å². The predicted octanol–water partition coefficient (Wildman–Crippen LogP) is 3.15. The molecule has 3 N–H and O–H groups in total. The molecule has 0 aliphatic carbocycles. The summed E-state index contributed by atoms with van der Waals surface area (Å²) < 4.78 is 0. The molecule has 1 saturated heterocycles. The van der Waals surface area contributed by atoms with Crippen LogP contribution in [0.5, 0.6) is 0 Å². The smallest absolute Gasteiger partial charge is 0.270 e. The van der Waals surface area contributed by atoms with Gasteiger partial charge < -0.3 is 20.3 Å². The van der Waals surface area contributed by atoms with E-state index >= 15 is 0 Å². The fraction of sp³-hybridized carbons (Fsp3) is 0.458. The molecule has 0 radical (unpaired) electrons. The lowest BCUT2D eigenvalue weighted by molar-refractivity contribution is -0.136. The molecule has 0 saturated carbocycles. The van der Waals surface area contributed by atoms with Crippen molar-refractivity contribution in [3.8, 4) is 0 Å². The zero-order chi connectivity index (χ0) is 22.1. The van der Waals surface area contributed by atoms with Crippen molar-refractivity contribution in [2.24, 2.45) is 5.92 Å². The first-order chi connectivity index (χ1) is 14.9. The van der Waals surface area contributed by atoms with E-state index in [-0.39, 0.29) is 30.4 Å². The van der Waals surface area contributed by atoms with Gasteiger partial charge in [-0.25, -0.2) is 4.98 Å². The fourth-order valence-corrected chi connectivity index (χ4v) is 4.51. The van der Waals surface area contributed by atoms with Crippen LogP contribution >= 0.6 is 0 Å². The van der Waals surface area contributed by atoms with Crippen molar-refractivity contribution >= 4 is 33.6 Å².